The van der Waals surface area contributed by atoms with E-state index in [1.165, 1.54) is 24.7 Å². The van der Waals surface area contributed by atoms with Gasteiger partial charge >= 0.3 is 11.9 Å². The minimum absolute atomic E-state index is 0.0505. The van der Waals surface area contributed by atoms with E-state index in [9.17, 15) is 9.59 Å². The summed E-state index contributed by atoms with van der Waals surface area (Å²) in [5.74, 6) is -1.97. The molecule has 4 rings (SSSR count). The maximum Gasteiger partial charge on any atom is 0.379 e. The Morgan fingerprint density at radius 1 is 0.594 bits per heavy atom. The molecule has 2 aromatic carbocycles. The maximum atomic E-state index is 12.8. The van der Waals surface area contributed by atoms with E-state index in [0.29, 0.717) is 11.1 Å². The lowest BCUT2D eigenvalue weighted by Crippen LogP contribution is -2.11. The van der Waals surface area contributed by atoms with E-state index < -0.39 is 11.9 Å². The monoisotopic (exact) mass is 468 g/mol. The van der Waals surface area contributed by atoms with Crippen molar-refractivity contribution in [3.05, 3.63) is 118 Å². The van der Waals surface area contributed by atoms with Crippen molar-refractivity contribution in [2.24, 2.45) is 0 Å². The highest BCUT2D eigenvalue weighted by Gasteiger charge is 2.26. The molecule has 2 heterocycles. The first-order valence-corrected chi connectivity index (χ1v) is 10.1. The lowest BCUT2D eigenvalue weighted by Gasteiger charge is -2.17. The SMILES string of the molecule is O=C(OC(=C(OC(=O)c1ccco1)c1ccccc1Cl)c1ccccc1Cl)c1ccco1. The summed E-state index contributed by atoms with van der Waals surface area (Å²) < 4.78 is 21.6. The standard InChI is InChI=1S/C24H14Cl2O6/c25-17-9-3-1-7-15(17)21(31-23(27)19-11-5-13-29-19)22(16-8-2-4-10-18(16)26)32-24(28)20-12-6-14-30-20/h1-14H. The van der Waals surface area contributed by atoms with E-state index in [0.717, 1.165) is 0 Å². The Bertz CT molecular complexity index is 1170. The van der Waals surface area contributed by atoms with Crippen LogP contribution in [0, 0.1) is 0 Å². The van der Waals surface area contributed by atoms with Crippen LogP contribution in [-0.2, 0) is 9.47 Å². The maximum absolute atomic E-state index is 12.8. The molecule has 8 heteroatoms. The summed E-state index contributed by atoms with van der Waals surface area (Å²) in [5, 5.41) is 0.515. The third kappa shape index (κ3) is 4.61. The Labute approximate surface area is 192 Å². The van der Waals surface area contributed by atoms with Gasteiger partial charge in [-0.3, -0.25) is 0 Å². The number of ether oxygens (including phenoxy) is 2. The fourth-order valence-electron chi connectivity index (χ4n) is 2.81. The molecule has 0 saturated carbocycles. The van der Waals surface area contributed by atoms with E-state index in [1.54, 1.807) is 60.7 Å². The Morgan fingerprint density at radius 2 is 1.00 bits per heavy atom. The van der Waals surface area contributed by atoms with Gasteiger partial charge in [0.25, 0.3) is 0 Å². The molecule has 0 N–H and O–H groups in total. The number of benzene rings is 2. The summed E-state index contributed by atoms with van der Waals surface area (Å²) in [4.78, 5) is 25.5. The largest absolute Gasteiger partial charge is 0.457 e. The first-order chi connectivity index (χ1) is 15.5. The van der Waals surface area contributed by atoms with Crippen molar-refractivity contribution in [1.29, 1.82) is 0 Å². The number of furan rings is 2. The van der Waals surface area contributed by atoms with Crippen molar-refractivity contribution in [2.45, 2.75) is 0 Å². The van der Waals surface area contributed by atoms with E-state index in [2.05, 4.69) is 0 Å². The van der Waals surface area contributed by atoms with Crippen LogP contribution in [0.15, 0.2) is 94.2 Å². The zero-order valence-corrected chi connectivity index (χ0v) is 17.8. The average molecular weight is 469 g/mol. The highest BCUT2D eigenvalue weighted by atomic mass is 35.5. The van der Waals surface area contributed by atoms with Gasteiger partial charge < -0.3 is 18.3 Å². The van der Waals surface area contributed by atoms with Crippen molar-refractivity contribution in [2.75, 3.05) is 0 Å². The van der Waals surface area contributed by atoms with Crippen LogP contribution in [0.4, 0.5) is 0 Å². The van der Waals surface area contributed by atoms with Gasteiger partial charge in [-0.05, 0) is 48.5 Å². The van der Waals surface area contributed by atoms with Crippen molar-refractivity contribution in [1.82, 2.24) is 0 Å². The summed E-state index contributed by atoms with van der Waals surface area (Å²) >= 11 is 12.8. The number of carbonyl (C=O) groups excluding carboxylic acids is 2. The second kappa shape index (κ2) is 9.60. The van der Waals surface area contributed by atoms with Crippen LogP contribution in [0.1, 0.15) is 32.2 Å². The Hall–Kier alpha value is -3.74. The molecule has 0 spiro atoms. The van der Waals surface area contributed by atoms with Crippen molar-refractivity contribution in [3.63, 3.8) is 0 Å². The van der Waals surface area contributed by atoms with Gasteiger partial charge in [0.2, 0.25) is 11.5 Å². The average Bonchev–Trinajstić information content (AvgIpc) is 3.52. The second-order valence-corrected chi connectivity index (χ2v) is 7.17. The molecule has 0 unspecified atom stereocenters. The number of hydrogen-bond donors (Lipinski definition) is 0. The topological polar surface area (TPSA) is 78.9 Å². The third-order valence-electron chi connectivity index (χ3n) is 4.28. The first-order valence-electron chi connectivity index (χ1n) is 9.30. The molecule has 0 radical (unpaired) electrons. The number of halogens is 2. The van der Waals surface area contributed by atoms with Gasteiger partial charge in [0.15, 0.2) is 11.5 Å². The van der Waals surface area contributed by atoms with Crippen LogP contribution in [0.5, 0.6) is 0 Å². The van der Waals surface area contributed by atoms with Crippen LogP contribution in [0.2, 0.25) is 10.0 Å². The molecule has 0 atom stereocenters. The molecule has 0 aliphatic heterocycles. The zero-order chi connectivity index (χ0) is 22.5. The van der Waals surface area contributed by atoms with Gasteiger partial charge in [-0.1, -0.05) is 47.5 Å². The van der Waals surface area contributed by atoms with Crippen molar-refractivity contribution >= 4 is 46.7 Å². The van der Waals surface area contributed by atoms with E-state index in [4.69, 9.17) is 41.5 Å². The fraction of sp³-hybridized carbons (Fsp3) is 0. The van der Waals surface area contributed by atoms with Gasteiger partial charge in [0.1, 0.15) is 0 Å². The van der Waals surface area contributed by atoms with E-state index in [1.807, 2.05) is 0 Å². The van der Waals surface area contributed by atoms with Gasteiger partial charge in [-0.15, -0.1) is 0 Å². The third-order valence-corrected chi connectivity index (χ3v) is 4.94. The van der Waals surface area contributed by atoms with Crippen LogP contribution >= 0.6 is 23.2 Å². The molecule has 0 bridgehead atoms. The summed E-state index contributed by atoms with van der Waals surface area (Å²) in [6.45, 7) is 0. The molecule has 4 aromatic rings. The summed E-state index contributed by atoms with van der Waals surface area (Å²) in [6.07, 6.45) is 2.67. The molecule has 160 valence electrons. The zero-order valence-electron chi connectivity index (χ0n) is 16.3. The minimum atomic E-state index is -0.816. The van der Waals surface area contributed by atoms with E-state index >= 15 is 0 Å². The second-order valence-electron chi connectivity index (χ2n) is 6.35. The van der Waals surface area contributed by atoms with Gasteiger partial charge in [0, 0.05) is 11.1 Å². The molecule has 0 aliphatic rings. The number of hydrogen-bond acceptors (Lipinski definition) is 6. The van der Waals surface area contributed by atoms with Crippen LogP contribution < -0.4 is 0 Å². The molecular weight excluding hydrogens is 455 g/mol. The summed E-state index contributed by atoms with van der Waals surface area (Å²) in [7, 11) is 0. The van der Waals surface area contributed by atoms with Crippen LogP contribution in [-0.4, -0.2) is 11.9 Å². The van der Waals surface area contributed by atoms with Gasteiger partial charge in [-0.2, -0.15) is 0 Å². The molecule has 6 nitrogen and oxygen atoms in total. The van der Waals surface area contributed by atoms with Crippen molar-refractivity contribution < 1.29 is 27.9 Å². The predicted octanol–water partition coefficient (Wildman–Crippen LogP) is 6.72. The summed E-state index contributed by atoms with van der Waals surface area (Å²) in [6, 6.07) is 19.2. The minimum Gasteiger partial charge on any atom is -0.457 e. The summed E-state index contributed by atoms with van der Waals surface area (Å²) in [5.41, 5.74) is 0.604. The van der Waals surface area contributed by atoms with Crippen LogP contribution in [0.3, 0.4) is 0 Å². The molecular formula is C24H14Cl2O6. The molecule has 0 aliphatic carbocycles. The fourth-order valence-corrected chi connectivity index (χ4v) is 3.26. The molecule has 0 amide bonds. The number of rotatable bonds is 6. The number of esters is 2. The Balaban J connectivity index is 1.91. The molecule has 2 aromatic heterocycles. The normalized spacial score (nSPS) is 11.6. The highest BCUT2D eigenvalue weighted by molar-refractivity contribution is 6.33. The molecule has 0 fully saturated rings. The highest BCUT2D eigenvalue weighted by Crippen LogP contribution is 2.36. The lowest BCUT2D eigenvalue weighted by molar-refractivity contribution is 0.0613. The predicted molar refractivity (Wildman–Crippen MR) is 118 cm³/mol. The molecule has 0 saturated heterocycles. The first kappa shape index (κ1) is 21.5. The van der Waals surface area contributed by atoms with Crippen LogP contribution in [0.25, 0.3) is 11.5 Å². The lowest BCUT2D eigenvalue weighted by atomic mass is 10.1. The smallest absolute Gasteiger partial charge is 0.379 e. The van der Waals surface area contributed by atoms with Gasteiger partial charge in [-0.25, -0.2) is 9.59 Å². The molecule has 32 heavy (non-hydrogen) atoms. The quantitative estimate of drug-likeness (QED) is 0.177. The Morgan fingerprint density at radius 3 is 1.34 bits per heavy atom. The van der Waals surface area contributed by atoms with Crippen molar-refractivity contribution in [3.8, 4) is 0 Å². The van der Waals surface area contributed by atoms with Gasteiger partial charge in [0.05, 0.1) is 22.6 Å². The van der Waals surface area contributed by atoms with E-state index in [-0.39, 0.29) is 33.1 Å². The number of carbonyl (C=O) groups is 2. The Kier molecular flexibility index (Phi) is 6.44.